The molecule has 1 aliphatic carbocycles. The summed E-state index contributed by atoms with van der Waals surface area (Å²) in [7, 11) is 2.31. The lowest BCUT2D eigenvalue weighted by Gasteiger charge is -2.36. The molecule has 0 aromatic heterocycles. The third-order valence-electron chi connectivity index (χ3n) is 5.93. The molecule has 3 aliphatic rings. The van der Waals surface area contributed by atoms with Crippen LogP contribution < -0.4 is 0 Å². The van der Waals surface area contributed by atoms with Gasteiger partial charge in [0.2, 0.25) is 0 Å². The number of nitrogens with zero attached hydrogens (tertiary/aromatic N) is 2. The fourth-order valence-corrected chi connectivity index (χ4v) is 4.56. The number of likely N-dealkylation sites (N-methyl/N-ethyl adjacent to an activating group) is 1. The Hall–Kier alpha value is -0.120. The fraction of sp³-hybridized carbons (Fsp3) is 1.00. The summed E-state index contributed by atoms with van der Waals surface area (Å²) in [5, 5.41) is 10.2. The van der Waals surface area contributed by atoms with Crippen molar-refractivity contribution >= 4 is 0 Å². The van der Waals surface area contributed by atoms with E-state index in [1.807, 2.05) is 0 Å². The van der Waals surface area contributed by atoms with Crippen molar-refractivity contribution in [3.63, 3.8) is 0 Å². The molecule has 2 aliphatic heterocycles. The van der Waals surface area contributed by atoms with Gasteiger partial charge in [0, 0.05) is 25.2 Å². The smallest absolute Gasteiger partial charge is 0.0580 e. The first-order valence-electron chi connectivity index (χ1n) is 8.26. The SMILES string of the molecule is CC1CCC(O)C(CN2CCC3CCC(C2)N3C)C1. The molecule has 110 valence electrons. The maximum Gasteiger partial charge on any atom is 0.0580 e. The van der Waals surface area contributed by atoms with Crippen LogP contribution in [-0.4, -0.2) is 59.8 Å². The second-order valence-corrected chi connectivity index (χ2v) is 7.34. The first-order chi connectivity index (χ1) is 9.13. The minimum atomic E-state index is -0.0469. The largest absolute Gasteiger partial charge is 0.393 e. The summed E-state index contributed by atoms with van der Waals surface area (Å²) in [5.41, 5.74) is 0. The highest BCUT2D eigenvalue weighted by molar-refractivity contribution is 4.92. The highest BCUT2D eigenvalue weighted by Crippen LogP contribution is 2.32. The van der Waals surface area contributed by atoms with Crippen LogP contribution >= 0.6 is 0 Å². The van der Waals surface area contributed by atoms with Gasteiger partial charge in [-0.3, -0.25) is 4.90 Å². The van der Waals surface area contributed by atoms with Crippen LogP contribution in [0, 0.1) is 11.8 Å². The Kier molecular flexibility index (Phi) is 4.16. The summed E-state index contributed by atoms with van der Waals surface area (Å²) in [4.78, 5) is 5.26. The molecule has 3 rings (SSSR count). The first kappa shape index (κ1) is 13.8. The minimum absolute atomic E-state index is 0.0469. The molecule has 0 aromatic carbocycles. The number of hydrogen-bond donors (Lipinski definition) is 1. The van der Waals surface area contributed by atoms with E-state index in [0.717, 1.165) is 31.0 Å². The molecule has 0 radical (unpaired) electrons. The summed E-state index contributed by atoms with van der Waals surface area (Å²) in [6.07, 6.45) is 7.51. The van der Waals surface area contributed by atoms with Crippen molar-refractivity contribution in [2.24, 2.45) is 11.8 Å². The molecule has 2 bridgehead atoms. The minimum Gasteiger partial charge on any atom is -0.393 e. The number of fused-ring (bicyclic) bond motifs is 2. The second kappa shape index (κ2) is 5.71. The van der Waals surface area contributed by atoms with Gasteiger partial charge in [-0.1, -0.05) is 6.92 Å². The number of aliphatic hydroxyl groups excluding tert-OH is 1. The van der Waals surface area contributed by atoms with Gasteiger partial charge in [0.1, 0.15) is 0 Å². The zero-order valence-electron chi connectivity index (χ0n) is 12.6. The van der Waals surface area contributed by atoms with Crippen LogP contribution in [0.3, 0.4) is 0 Å². The topological polar surface area (TPSA) is 26.7 Å². The van der Waals surface area contributed by atoms with Crippen molar-refractivity contribution in [2.75, 3.05) is 26.7 Å². The van der Waals surface area contributed by atoms with Crippen molar-refractivity contribution < 1.29 is 5.11 Å². The van der Waals surface area contributed by atoms with Crippen LogP contribution in [0.25, 0.3) is 0 Å². The molecule has 3 fully saturated rings. The first-order valence-corrected chi connectivity index (χ1v) is 8.26. The van der Waals surface area contributed by atoms with E-state index >= 15 is 0 Å². The van der Waals surface area contributed by atoms with Gasteiger partial charge >= 0.3 is 0 Å². The lowest BCUT2D eigenvalue weighted by Crippen LogP contribution is -2.42. The summed E-state index contributed by atoms with van der Waals surface area (Å²) >= 11 is 0. The molecule has 3 nitrogen and oxygen atoms in total. The van der Waals surface area contributed by atoms with E-state index in [4.69, 9.17) is 0 Å². The summed E-state index contributed by atoms with van der Waals surface area (Å²) in [6, 6.07) is 1.59. The van der Waals surface area contributed by atoms with Crippen LogP contribution in [0.15, 0.2) is 0 Å². The zero-order chi connectivity index (χ0) is 13.4. The predicted octanol–water partition coefficient (Wildman–Crippen LogP) is 1.95. The van der Waals surface area contributed by atoms with E-state index in [2.05, 4.69) is 23.8 Å². The van der Waals surface area contributed by atoms with E-state index in [9.17, 15) is 5.11 Å². The van der Waals surface area contributed by atoms with Crippen LogP contribution in [0.1, 0.15) is 45.4 Å². The fourth-order valence-electron chi connectivity index (χ4n) is 4.56. The van der Waals surface area contributed by atoms with Gasteiger partial charge < -0.3 is 10.0 Å². The number of hydrogen-bond acceptors (Lipinski definition) is 3. The zero-order valence-corrected chi connectivity index (χ0v) is 12.6. The summed E-state index contributed by atoms with van der Waals surface area (Å²) in [6.45, 7) is 5.94. The van der Waals surface area contributed by atoms with Gasteiger partial charge in [-0.05, 0) is 64.0 Å². The highest BCUT2D eigenvalue weighted by Gasteiger charge is 2.36. The second-order valence-electron chi connectivity index (χ2n) is 7.34. The molecule has 5 atom stereocenters. The van der Waals surface area contributed by atoms with Crippen LogP contribution in [0.5, 0.6) is 0 Å². The number of aliphatic hydroxyl groups is 1. The molecule has 2 saturated heterocycles. The van der Waals surface area contributed by atoms with Crippen LogP contribution in [0.4, 0.5) is 0 Å². The Balaban J connectivity index is 1.57. The Bertz CT molecular complexity index is 309. The average Bonchev–Trinajstić information content (AvgIpc) is 2.62. The van der Waals surface area contributed by atoms with E-state index < -0.39 is 0 Å². The molecule has 0 spiro atoms. The van der Waals surface area contributed by atoms with E-state index in [1.165, 1.54) is 45.2 Å². The Morgan fingerprint density at radius 1 is 1.05 bits per heavy atom. The van der Waals surface area contributed by atoms with Gasteiger partial charge in [-0.2, -0.15) is 0 Å². The quantitative estimate of drug-likeness (QED) is 0.827. The normalized spacial score (nSPS) is 45.3. The Morgan fingerprint density at radius 2 is 1.84 bits per heavy atom. The number of likely N-dealkylation sites (tertiary alicyclic amines) is 1. The molecule has 0 amide bonds. The van der Waals surface area contributed by atoms with Gasteiger partial charge in [0.25, 0.3) is 0 Å². The third kappa shape index (κ3) is 2.98. The predicted molar refractivity (Wildman–Crippen MR) is 78.1 cm³/mol. The van der Waals surface area contributed by atoms with Crippen molar-refractivity contribution in [1.82, 2.24) is 9.80 Å². The molecular formula is C16H30N2O. The molecule has 0 aromatic rings. The van der Waals surface area contributed by atoms with Gasteiger partial charge in [0.15, 0.2) is 0 Å². The maximum atomic E-state index is 10.2. The van der Waals surface area contributed by atoms with E-state index in [0.29, 0.717) is 5.92 Å². The maximum absolute atomic E-state index is 10.2. The Morgan fingerprint density at radius 3 is 2.68 bits per heavy atom. The van der Waals surface area contributed by atoms with Gasteiger partial charge in [-0.15, -0.1) is 0 Å². The van der Waals surface area contributed by atoms with E-state index in [1.54, 1.807) is 0 Å². The molecular weight excluding hydrogens is 236 g/mol. The summed E-state index contributed by atoms with van der Waals surface area (Å²) in [5.74, 6) is 1.32. The monoisotopic (exact) mass is 266 g/mol. The standard InChI is InChI=1S/C16H30N2O/c1-12-3-6-16(19)13(9-12)10-18-8-7-14-4-5-15(11-18)17(14)2/h12-16,19H,3-11H2,1-2H3. The van der Waals surface area contributed by atoms with Crippen molar-refractivity contribution in [1.29, 1.82) is 0 Å². The van der Waals surface area contributed by atoms with Gasteiger partial charge in [-0.25, -0.2) is 0 Å². The molecule has 1 saturated carbocycles. The lowest BCUT2D eigenvalue weighted by molar-refractivity contribution is 0.0290. The summed E-state index contributed by atoms with van der Waals surface area (Å²) < 4.78 is 0. The van der Waals surface area contributed by atoms with Crippen molar-refractivity contribution in [3.05, 3.63) is 0 Å². The molecule has 5 unspecified atom stereocenters. The highest BCUT2D eigenvalue weighted by atomic mass is 16.3. The van der Waals surface area contributed by atoms with Crippen molar-refractivity contribution in [2.45, 2.75) is 63.6 Å². The Labute approximate surface area is 118 Å². The van der Waals surface area contributed by atoms with Gasteiger partial charge in [0.05, 0.1) is 6.10 Å². The van der Waals surface area contributed by atoms with E-state index in [-0.39, 0.29) is 6.10 Å². The molecule has 3 heteroatoms. The number of rotatable bonds is 2. The molecule has 19 heavy (non-hydrogen) atoms. The lowest BCUT2D eigenvalue weighted by atomic mass is 9.80. The van der Waals surface area contributed by atoms with Crippen LogP contribution in [-0.2, 0) is 0 Å². The third-order valence-corrected chi connectivity index (χ3v) is 5.93. The van der Waals surface area contributed by atoms with Crippen molar-refractivity contribution in [3.8, 4) is 0 Å². The average molecular weight is 266 g/mol. The molecule has 2 heterocycles. The van der Waals surface area contributed by atoms with Crippen LogP contribution in [0.2, 0.25) is 0 Å². The molecule has 1 N–H and O–H groups in total.